The Morgan fingerprint density at radius 2 is 1.67 bits per heavy atom. The van der Waals surface area contributed by atoms with Gasteiger partial charge in [-0.2, -0.15) is 4.40 Å². The van der Waals surface area contributed by atoms with Crippen LogP contribution in [0.15, 0.2) is 16.5 Å². The number of carbonyl (C=O) groups excluding carboxylic acids is 2. The van der Waals surface area contributed by atoms with E-state index in [1.807, 2.05) is 6.92 Å². The number of ether oxygens (including phenoxy) is 2. The van der Waals surface area contributed by atoms with E-state index in [0.29, 0.717) is 0 Å². The van der Waals surface area contributed by atoms with Crippen molar-refractivity contribution in [3.05, 3.63) is 12.2 Å². The Labute approximate surface area is 149 Å². The van der Waals surface area contributed by atoms with E-state index in [-0.39, 0.29) is 12.5 Å². The van der Waals surface area contributed by atoms with Gasteiger partial charge in [0.15, 0.2) is 0 Å². The van der Waals surface area contributed by atoms with Gasteiger partial charge in [0.2, 0.25) is 5.96 Å². The van der Waals surface area contributed by atoms with Crippen LogP contribution in [-0.4, -0.2) is 47.0 Å². The lowest BCUT2D eigenvalue weighted by molar-refractivity contribution is 0.0374. The van der Waals surface area contributed by atoms with E-state index in [9.17, 15) is 9.59 Å². The fourth-order valence-corrected chi connectivity index (χ4v) is 1.71. The molecular formula is C16H29N3O4S. The molecule has 0 spiro atoms. The Morgan fingerprint density at radius 3 is 2.08 bits per heavy atom. The van der Waals surface area contributed by atoms with Crippen molar-refractivity contribution in [2.75, 3.05) is 12.8 Å². The second-order valence-corrected chi connectivity index (χ2v) is 7.43. The van der Waals surface area contributed by atoms with Gasteiger partial charge in [0.25, 0.3) is 0 Å². The average Bonchev–Trinajstić information content (AvgIpc) is 2.34. The van der Waals surface area contributed by atoms with Gasteiger partial charge in [0, 0.05) is 6.26 Å². The maximum Gasteiger partial charge on any atom is 0.417 e. The van der Waals surface area contributed by atoms with Gasteiger partial charge in [-0.15, -0.1) is 0 Å². The topological polar surface area (TPSA) is 80.2 Å². The minimum Gasteiger partial charge on any atom is -0.444 e. The van der Waals surface area contributed by atoms with Gasteiger partial charge in [-0.25, -0.2) is 14.5 Å². The summed E-state index contributed by atoms with van der Waals surface area (Å²) in [6, 6.07) is 0. The van der Waals surface area contributed by atoms with Crippen LogP contribution < -0.4 is 5.32 Å². The number of nitrogens with zero attached hydrogens (tertiary/aromatic N) is 2. The first-order valence-electron chi connectivity index (χ1n) is 7.62. The Bertz CT molecular complexity index is 491. The largest absolute Gasteiger partial charge is 0.444 e. The molecular weight excluding hydrogens is 330 g/mol. The third-order valence-electron chi connectivity index (χ3n) is 2.18. The van der Waals surface area contributed by atoms with Gasteiger partial charge in [0.05, 0.1) is 6.54 Å². The number of alkyl carbamates (subject to hydrolysis) is 1. The monoisotopic (exact) mass is 359 g/mol. The second-order valence-electron chi connectivity index (χ2n) is 6.88. The zero-order valence-corrected chi connectivity index (χ0v) is 16.6. The first kappa shape index (κ1) is 22.3. The van der Waals surface area contributed by atoms with Crippen LogP contribution in [0.3, 0.4) is 0 Å². The Kier molecular flexibility index (Phi) is 8.88. The van der Waals surface area contributed by atoms with Crippen molar-refractivity contribution in [2.24, 2.45) is 4.40 Å². The molecule has 0 aromatic heterocycles. The molecule has 0 saturated heterocycles. The summed E-state index contributed by atoms with van der Waals surface area (Å²) in [5, 5.41) is 2.51. The van der Waals surface area contributed by atoms with Crippen LogP contribution in [0.25, 0.3) is 0 Å². The quantitative estimate of drug-likeness (QED) is 0.357. The first-order chi connectivity index (χ1) is 10.9. The predicted octanol–water partition coefficient (Wildman–Crippen LogP) is 3.96. The van der Waals surface area contributed by atoms with Gasteiger partial charge in [-0.3, -0.25) is 5.32 Å². The SMILES string of the molecule is CC=CCN(C(=O)OC(C)(C)C)C(=NSC)NC(=O)OC(C)(C)C. The van der Waals surface area contributed by atoms with Gasteiger partial charge in [-0.1, -0.05) is 12.2 Å². The van der Waals surface area contributed by atoms with Crippen molar-refractivity contribution in [1.82, 2.24) is 10.2 Å². The van der Waals surface area contributed by atoms with E-state index >= 15 is 0 Å². The van der Waals surface area contributed by atoms with Crippen molar-refractivity contribution in [1.29, 1.82) is 0 Å². The summed E-state index contributed by atoms with van der Waals surface area (Å²) < 4.78 is 14.7. The van der Waals surface area contributed by atoms with E-state index in [0.717, 1.165) is 11.9 Å². The van der Waals surface area contributed by atoms with Gasteiger partial charge < -0.3 is 9.47 Å². The molecule has 0 aliphatic rings. The van der Waals surface area contributed by atoms with Crippen LogP contribution >= 0.6 is 11.9 Å². The molecule has 0 rings (SSSR count). The van der Waals surface area contributed by atoms with Crippen LogP contribution in [-0.2, 0) is 9.47 Å². The number of guanidine groups is 1. The fourth-order valence-electron chi connectivity index (χ4n) is 1.40. The molecule has 24 heavy (non-hydrogen) atoms. The van der Waals surface area contributed by atoms with Gasteiger partial charge >= 0.3 is 12.2 Å². The number of amides is 2. The lowest BCUT2D eigenvalue weighted by atomic mass is 10.2. The number of carbonyl (C=O) groups is 2. The summed E-state index contributed by atoms with van der Waals surface area (Å²) in [5.74, 6) is 0.0594. The van der Waals surface area contributed by atoms with E-state index in [1.165, 1.54) is 4.90 Å². The number of hydrogen-bond donors (Lipinski definition) is 1. The molecule has 0 aromatic rings. The third kappa shape index (κ3) is 10.1. The van der Waals surface area contributed by atoms with Crippen molar-refractivity contribution in [3.8, 4) is 0 Å². The van der Waals surface area contributed by atoms with Crippen molar-refractivity contribution in [3.63, 3.8) is 0 Å². The molecule has 0 heterocycles. The van der Waals surface area contributed by atoms with Crippen molar-refractivity contribution in [2.45, 2.75) is 59.7 Å². The highest BCUT2D eigenvalue weighted by molar-refractivity contribution is 7.97. The lowest BCUT2D eigenvalue weighted by Gasteiger charge is -2.28. The summed E-state index contributed by atoms with van der Waals surface area (Å²) >= 11 is 1.11. The maximum absolute atomic E-state index is 12.4. The van der Waals surface area contributed by atoms with E-state index in [4.69, 9.17) is 9.47 Å². The molecule has 1 N–H and O–H groups in total. The molecule has 0 aliphatic carbocycles. The highest BCUT2D eigenvalue weighted by Crippen LogP contribution is 2.12. The Morgan fingerprint density at radius 1 is 1.12 bits per heavy atom. The molecule has 0 bridgehead atoms. The lowest BCUT2D eigenvalue weighted by Crippen LogP contribution is -2.49. The highest BCUT2D eigenvalue weighted by Gasteiger charge is 2.27. The summed E-state index contributed by atoms with van der Waals surface area (Å²) in [6.07, 6.45) is 3.98. The Balaban J connectivity index is 5.36. The molecule has 0 aromatic carbocycles. The first-order valence-corrected chi connectivity index (χ1v) is 8.80. The maximum atomic E-state index is 12.4. The molecule has 0 saturated carbocycles. The van der Waals surface area contributed by atoms with E-state index in [1.54, 1.807) is 60.0 Å². The summed E-state index contributed by atoms with van der Waals surface area (Å²) in [4.78, 5) is 25.7. The molecule has 2 amide bonds. The summed E-state index contributed by atoms with van der Waals surface area (Å²) in [6.45, 7) is 12.6. The smallest absolute Gasteiger partial charge is 0.417 e. The minimum atomic E-state index is -0.690. The van der Waals surface area contributed by atoms with Gasteiger partial charge in [-0.05, 0) is 60.4 Å². The van der Waals surface area contributed by atoms with Crippen LogP contribution in [0.5, 0.6) is 0 Å². The number of allylic oxidation sites excluding steroid dienone is 1. The van der Waals surface area contributed by atoms with Crippen LogP contribution in [0.1, 0.15) is 48.5 Å². The van der Waals surface area contributed by atoms with Crippen LogP contribution in [0.4, 0.5) is 9.59 Å². The van der Waals surface area contributed by atoms with Crippen molar-refractivity contribution < 1.29 is 19.1 Å². The van der Waals surface area contributed by atoms with Crippen LogP contribution in [0, 0.1) is 0 Å². The molecule has 0 unspecified atom stereocenters. The third-order valence-corrected chi connectivity index (χ3v) is 2.54. The molecule has 7 nitrogen and oxygen atoms in total. The summed E-state index contributed by atoms with van der Waals surface area (Å²) in [7, 11) is 0. The van der Waals surface area contributed by atoms with E-state index < -0.39 is 23.4 Å². The van der Waals surface area contributed by atoms with E-state index in [2.05, 4.69) is 9.71 Å². The standard InChI is InChI=1S/C16H29N3O4S/c1-9-10-11-19(14(21)23-16(5,6)7)12(18-24-8)17-13(20)22-15(2,3)4/h9-10H,11H2,1-8H3,(H,17,18,20). The molecule has 0 aliphatic heterocycles. The predicted molar refractivity (Wildman–Crippen MR) is 98.1 cm³/mol. The second kappa shape index (κ2) is 9.56. The van der Waals surface area contributed by atoms with Crippen molar-refractivity contribution >= 4 is 30.1 Å². The molecule has 0 radical (unpaired) electrons. The molecule has 0 atom stereocenters. The zero-order chi connectivity index (χ0) is 19.0. The number of nitrogens with one attached hydrogen (secondary N) is 1. The summed E-state index contributed by atoms with van der Waals surface area (Å²) in [5.41, 5.74) is -1.32. The Hall–Kier alpha value is -1.70. The fraction of sp³-hybridized carbons (Fsp3) is 0.688. The minimum absolute atomic E-state index is 0.0594. The zero-order valence-electron chi connectivity index (χ0n) is 15.8. The molecule has 8 heteroatoms. The van der Waals surface area contributed by atoms with Gasteiger partial charge in [0.1, 0.15) is 11.2 Å². The van der Waals surface area contributed by atoms with Crippen LogP contribution in [0.2, 0.25) is 0 Å². The number of hydrogen-bond acceptors (Lipinski definition) is 6. The average molecular weight is 359 g/mol. The molecule has 138 valence electrons. The highest BCUT2D eigenvalue weighted by atomic mass is 32.2. The normalized spacial score (nSPS) is 12.9. The molecule has 0 fully saturated rings. The number of rotatable bonds is 3.